The number of rotatable bonds is 2. The molecule has 0 atom stereocenters. The first kappa shape index (κ1) is 12.2. The fourth-order valence-electron chi connectivity index (χ4n) is 1.72. The molecule has 0 fully saturated rings. The van der Waals surface area contributed by atoms with Gasteiger partial charge in [0.2, 0.25) is 0 Å². The van der Waals surface area contributed by atoms with Crippen LogP contribution in [0.4, 0.5) is 0 Å². The van der Waals surface area contributed by atoms with E-state index >= 15 is 0 Å². The summed E-state index contributed by atoms with van der Waals surface area (Å²) < 4.78 is 4.72. The summed E-state index contributed by atoms with van der Waals surface area (Å²) in [5.74, 6) is -0.366. The highest BCUT2D eigenvalue weighted by atomic mass is 16.5. The monoisotopic (exact) mass is 242 g/mol. The first-order valence-corrected chi connectivity index (χ1v) is 5.61. The SMILES string of the molecule is COC(=O)c1cc(C)nc(-c2cccc(C)n2)c1. The number of ether oxygens (including phenoxy) is 1. The lowest BCUT2D eigenvalue weighted by atomic mass is 10.1. The second-order valence-corrected chi connectivity index (χ2v) is 4.04. The van der Waals surface area contributed by atoms with Gasteiger partial charge in [0.25, 0.3) is 0 Å². The van der Waals surface area contributed by atoms with Crippen molar-refractivity contribution in [1.82, 2.24) is 9.97 Å². The van der Waals surface area contributed by atoms with Crippen LogP contribution in [0.1, 0.15) is 21.7 Å². The number of carbonyl (C=O) groups excluding carboxylic acids is 1. The molecule has 0 radical (unpaired) electrons. The summed E-state index contributed by atoms with van der Waals surface area (Å²) in [5, 5.41) is 0. The number of hydrogen-bond donors (Lipinski definition) is 0. The summed E-state index contributed by atoms with van der Waals surface area (Å²) in [6.45, 7) is 3.76. The molecule has 0 amide bonds. The van der Waals surface area contributed by atoms with Gasteiger partial charge in [-0.2, -0.15) is 0 Å². The van der Waals surface area contributed by atoms with Gasteiger partial charge < -0.3 is 4.74 Å². The standard InChI is InChI=1S/C14H14N2O2/c1-9-5-4-6-12(15-9)13-8-11(14(17)18-3)7-10(2)16-13/h4-8H,1-3H3. The maximum absolute atomic E-state index is 11.5. The average molecular weight is 242 g/mol. The molecule has 2 rings (SSSR count). The molecule has 2 aromatic rings. The van der Waals surface area contributed by atoms with E-state index < -0.39 is 0 Å². The van der Waals surface area contributed by atoms with Gasteiger partial charge in [-0.15, -0.1) is 0 Å². The molecule has 0 aromatic carbocycles. The number of pyridine rings is 2. The number of esters is 1. The second kappa shape index (κ2) is 4.96. The van der Waals surface area contributed by atoms with E-state index in [1.807, 2.05) is 32.0 Å². The predicted octanol–water partition coefficient (Wildman–Crippen LogP) is 2.55. The van der Waals surface area contributed by atoms with Crippen LogP contribution < -0.4 is 0 Å². The molecule has 0 aliphatic rings. The fraction of sp³-hybridized carbons (Fsp3) is 0.214. The largest absolute Gasteiger partial charge is 0.465 e. The maximum atomic E-state index is 11.5. The van der Waals surface area contributed by atoms with E-state index in [9.17, 15) is 4.79 Å². The number of aromatic nitrogens is 2. The zero-order valence-corrected chi connectivity index (χ0v) is 10.6. The Hall–Kier alpha value is -2.23. The number of carbonyl (C=O) groups is 1. The first-order chi connectivity index (χ1) is 8.60. The lowest BCUT2D eigenvalue weighted by Crippen LogP contribution is -2.03. The molecule has 4 nitrogen and oxygen atoms in total. The van der Waals surface area contributed by atoms with Gasteiger partial charge in [-0.3, -0.25) is 9.97 Å². The van der Waals surface area contributed by atoms with E-state index in [0.717, 1.165) is 17.1 Å². The molecule has 0 saturated carbocycles. The number of aryl methyl sites for hydroxylation is 2. The van der Waals surface area contributed by atoms with Crippen molar-refractivity contribution in [3.63, 3.8) is 0 Å². The smallest absolute Gasteiger partial charge is 0.337 e. The van der Waals surface area contributed by atoms with Gasteiger partial charge >= 0.3 is 5.97 Å². The molecule has 0 unspecified atom stereocenters. The van der Waals surface area contributed by atoms with Crippen LogP contribution in [0.2, 0.25) is 0 Å². The molecule has 0 spiro atoms. The summed E-state index contributed by atoms with van der Waals surface area (Å²) in [7, 11) is 1.36. The molecular formula is C14H14N2O2. The molecular weight excluding hydrogens is 228 g/mol. The van der Waals surface area contributed by atoms with Crippen molar-refractivity contribution in [2.75, 3.05) is 7.11 Å². The van der Waals surface area contributed by atoms with Gasteiger partial charge in [-0.05, 0) is 38.1 Å². The lowest BCUT2D eigenvalue weighted by molar-refractivity contribution is 0.0600. The summed E-state index contributed by atoms with van der Waals surface area (Å²) in [6.07, 6.45) is 0. The minimum atomic E-state index is -0.366. The van der Waals surface area contributed by atoms with Crippen LogP contribution in [-0.4, -0.2) is 23.0 Å². The highest BCUT2D eigenvalue weighted by Crippen LogP contribution is 2.18. The quantitative estimate of drug-likeness (QED) is 0.759. The Labute approximate surface area is 106 Å². The zero-order valence-electron chi connectivity index (χ0n) is 10.6. The van der Waals surface area contributed by atoms with E-state index in [4.69, 9.17) is 4.74 Å². The third-order valence-corrected chi connectivity index (χ3v) is 2.53. The molecule has 4 heteroatoms. The highest BCUT2D eigenvalue weighted by Gasteiger charge is 2.10. The number of hydrogen-bond acceptors (Lipinski definition) is 4. The van der Waals surface area contributed by atoms with Gasteiger partial charge in [0, 0.05) is 11.4 Å². The van der Waals surface area contributed by atoms with Crippen molar-refractivity contribution in [2.24, 2.45) is 0 Å². The van der Waals surface area contributed by atoms with Crippen molar-refractivity contribution < 1.29 is 9.53 Å². The lowest BCUT2D eigenvalue weighted by Gasteiger charge is -2.05. The van der Waals surface area contributed by atoms with Gasteiger partial charge in [0.15, 0.2) is 0 Å². The zero-order chi connectivity index (χ0) is 13.1. The maximum Gasteiger partial charge on any atom is 0.337 e. The molecule has 0 saturated heterocycles. The van der Waals surface area contributed by atoms with Crippen LogP contribution in [-0.2, 0) is 4.74 Å². The van der Waals surface area contributed by atoms with E-state index in [-0.39, 0.29) is 5.97 Å². The third kappa shape index (κ3) is 2.53. The number of nitrogens with zero attached hydrogens (tertiary/aromatic N) is 2. The Morgan fingerprint density at radius 1 is 1.06 bits per heavy atom. The summed E-state index contributed by atoms with van der Waals surface area (Å²) in [4.78, 5) is 20.3. The Morgan fingerprint density at radius 3 is 2.44 bits per heavy atom. The number of methoxy groups -OCH3 is 1. The Balaban J connectivity index is 2.51. The first-order valence-electron chi connectivity index (χ1n) is 5.61. The van der Waals surface area contributed by atoms with Crippen molar-refractivity contribution in [1.29, 1.82) is 0 Å². The van der Waals surface area contributed by atoms with Crippen LogP contribution >= 0.6 is 0 Å². The van der Waals surface area contributed by atoms with Crippen LogP contribution in [0.25, 0.3) is 11.4 Å². The summed E-state index contributed by atoms with van der Waals surface area (Å²) in [6, 6.07) is 9.10. The van der Waals surface area contributed by atoms with Crippen molar-refractivity contribution in [3.8, 4) is 11.4 Å². The molecule has 2 heterocycles. The normalized spacial score (nSPS) is 10.2. The summed E-state index contributed by atoms with van der Waals surface area (Å²) >= 11 is 0. The van der Waals surface area contributed by atoms with E-state index in [1.165, 1.54) is 7.11 Å². The molecule has 0 bridgehead atoms. The third-order valence-electron chi connectivity index (χ3n) is 2.53. The molecule has 0 aliphatic carbocycles. The van der Waals surface area contributed by atoms with Crippen LogP contribution in [0, 0.1) is 13.8 Å². The van der Waals surface area contributed by atoms with E-state index in [1.54, 1.807) is 12.1 Å². The van der Waals surface area contributed by atoms with Crippen molar-refractivity contribution >= 4 is 5.97 Å². The fourth-order valence-corrected chi connectivity index (χ4v) is 1.72. The molecule has 0 aliphatic heterocycles. The van der Waals surface area contributed by atoms with Gasteiger partial charge in [0.1, 0.15) is 0 Å². The highest BCUT2D eigenvalue weighted by molar-refractivity contribution is 5.90. The molecule has 2 aromatic heterocycles. The topological polar surface area (TPSA) is 52.1 Å². The van der Waals surface area contributed by atoms with E-state index in [0.29, 0.717) is 11.3 Å². The Kier molecular flexibility index (Phi) is 3.37. The Bertz CT molecular complexity index is 594. The molecule has 92 valence electrons. The minimum Gasteiger partial charge on any atom is -0.465 e. The van der Waals surface area contributed by atoms with E-state index in [2.05, 4.69) is 9.97 Å². The van der Waals surface area contributed by atoms with Gasteiger partial charge in [0.05, 0.1) is 24.1 Å². The second-order valence-electron chi connectivity index (χ2n) is 4.04. The predicted molar refractivity (Wildman–Crippen MR) is 68.3 cm³/mol. The van der Waals surface area contributed by atoms with Crippen molar-refractivity contribution in [3.05, 3.63) is 47.3 Å². The average Bonchev–Trinajstić information content (AvgIpc) is 2.37. The minimum absolute atomic E-state index is 0.366. The molecule has 0 N–H and O–H groups in total. The Morgan fingerprint density at radius 2 is 1.78 bits per heavy atom. The molecule has 18 heavy (non-hydrogen) atoms. The van der Waals surface area contributed by atoms with Gasteiger partial charge in [-0.25, -0.2) is 4.79 Å². The van der Waals surface area contributed by atoms with Crippen LogP contribution in [0.3, 0.4) is 0 Å². The van der Waals surface area contributed by atoms with Crippen LogP contribution in [0.5, 0.6) is 0 Å². The van der Waals surface area contributed by atoms with Crippen molar-refractivity contribution in [2.45, 2.75) is 13.8 Å². The van der Waals surface area contributed by atoms with Crippen LogP contribution in [0.15, 0.2) is 30.3 Å². The van der Waals surface area contributed by atoms with Gasteiger partial charge in [-0.1, -0.05) is 6.07 Å². The summed E-state index contributed by atoms with van der Waals surface area (Å²) in [5.41, 5.74) is 3.60.